The largest absolute Gasteiger partial charge is 0.489 e. The molecule has 0 radical (unpaired) electrons. The Labute approximate surface area is 168 Å². The van der Waals surface area contributed by atoms with Crippen LogP contribution in [0.25, 0.3) is 0 Å². The molecule has 0 aromatic heterocycles. The summed E-state index contributed by atoms with van der Waals surface area (Å²) in [5.41, 5.74) is 1.33. The monoisotopic (exact) mass is 417 g/mol. The van der Waals surface area contributed by atoms with Crippen molar-refractivity contribution < 1.29 is 17.5 Å². The number of ether oxygens (including phenoxy) is 1. The lowest BCUT2D eigenvalue weighted by molar-refractivity contribution is 0.210. The minimum absolute atomic E-state index is 0.00890. The molecule has 4 rings (SSSR count). The number of hydrogen-bond acceptors (Lipinski definition) is 3. The average Bonchev–Trinajstić information content (AvgIpc) is 2.79. The van der Waals surface area contributed by atoms with Gasteiger partial charge in [0.25, 0.3) is 0 Å². The van der Waals surface area contributed by atoms with Gasteiger partial charge in [0.2, 0.25) is 10.0 Å². The van der Waals surface area contributed by atoms with Gasteiger partial charge >= 0.3 is 0 Å². The summed E-state index contributed by atoms with van der Waals surface area (Å²) in [4.78, 5) is 0.00911. The second-order valence-corrected chi connectivity index (χ2v) is 8.75. The molecule has 0 bridgehead atoms. The van der Waals surface area contributed by atoms with Crippen LogP contribution in [0.1, 0.15) is 17.2 Å². The third-order valence-corrected chi connectivity index (χ3v) is 6.84. The topological polar surface area (TPSA) is 46.6 Å². The van der Waals surface area contributed by atoms with Gasteiger partial charge in [0.15, 0.2) is 5.75 Å². The van der Waals surface area contributed by atoms with E-state index in [0.717, 1.165) is 5.56 Å². The number of hydrogen-bond donors (Lipinski definition) is 0. The van der Waals surface area contributed by atoms with Gasteiger partial charge in [-0.2, -0.15) is 4.31 Å². The maximum atomic E-state index is 13.7. The highest BCUT2D eigenvalue weighted by atomic mass is 35.5. The minimum atomic E-state index is -3.95. The van der Waals surface area contributed by atoms with Crippen LogP contribution >= 0.6 is 11.6 Å². The average molecular weight is 418 g/mol. The van der Waals surface area contributed by atoms with Gasteiger partial charge in [0.05, 0.1) is 11.1 Å². The first-order valence-corrected chi connectivity index (χ1v) is 10.5. The van der Waals surface area contributed by atoms with Crippen molar-refractivity contribution in [2.45, 2.75) is 17.5 Å². The van der Waals surface area contributed by atoms with Crippen molar-refractivity contribution in [2.75, 3.05) is 6.61 Å². The Morgan fingerprint density at radius 1 is 1.04 bits per heavy atom. The number of halogens is 2. The molecular formula is C21H17ClFNO3S. The summed E-state index contributed by atoms with van der Waals surface area (Å²) in [6, 6.07) is 19.2. The quantitative estimate of drug-likeness (QED) is 0.614. The Morgan fingerprint density at radius 3 is 2.54 bits per heavy atom. The van der Waals surface area contributed by atoms with E-state index in [1.165, 1.54) is 22.5 Å². The van der Waals surface area contributed by atoms with E-state index in [-0.39, 0.29) is 28.8 Å². The van der Waals surface area contributed by atoms with Crippen LogP contribution in [0.5, 0.6) is 5.75 Å². The minimum Gasteiger partial charge on any atom is -0.489 e. The van der Waals surface area contributed by atoms with Crippen LogP contribution in [0, 0.1) is 5.82 Å². The Hall–Kier alpha value is -2.41. The van der Waals surface area contributed by atoms with Crippen molar-refractivity contribution >= 4 is 21.6 Å². The SMILES string of the molecule is O=S1(=O)c2cccc(Cl)c2OC[C@H](c2ccccc2)N1Cc1cccc(F)c1. The number of nitrogens with zero attached hydrogens (tertiary/aromatic N) is 1. The molecule has 7 heteroatoms. The summed E-state index contributed by atoms with van der Waals surface area (Å²) in [5, 5.41) is 0.237. The van der Waals surface area contributed by atoms with Crippen molar-refractivity contribution in [3.8, 4) is 5.75 Å². The molecule has 3 aromatic carbocycles. The summed E-state index contributed by atoms with van der Waals surface area (Å²) in [7, 11) is -3.95. The van der Waals surface area contributed by atoms with Crippen LogP contribution in [0.3, 0.4) is 0 Å². The van der Waals surface area contributed by atoms with Crippen LogP contribution in [-0.4, -0.2) is 19.3 Å². The highest BCUT2D eigenvalue weighted by molar-refractivity contribution is 7.89. The van der Waals surface area contributed by atoms with Gasteiger partial charge in [-0.25, -0.2) is 12.8 Å². The third kappa shape index (κ3) is 3.51. The predicted octanol–water partition coefficient (Wildman–Crippen LogP) is 4.80. The molecule has 0 unspecified atom stereocenters. The van der Waals surface area contributed by atoms with E-state index in [1.54, 1.807) is 24.3 Å². The zero-order valence-electron chi connectivity index (χ0n) is 14.8. The molecular weight excluding hydrogens is 401 g/mol. The molecule has 0 amide bonds. The first kappa shape index (κ1) is 18.9. The summed E-state index contributed by atoms with van der Waals surface area (Å²) < 4.78 is 48.0. The van der Waals surface area contributed by atoms with Crippen molar-refractivity contribution in [1.29, 1.82) is 0 Å². The zero-order valence-corrected chi connectivity index (χ0v) is 16.3. The molecule has 0 saturated carbocycles. The lowest BCUT2D eigenvalue weighted by Gasteiger charge is -2.28. The maximum absolute atomic E-state index is 13.7. The maximum Gasteiger partial charge on any atom is 0.247 e. The molecule has 28 heavy (non-hydrogen) atoms. The number of benzene rings is 3. The van der Waals surface area contributed by atoms with Gasteiger partial charge in [-0.15, -0.1) is 0 Å². The number of fused-ring (bicyclic) bond motifs is 1. The second kappa shape index (κ2) is 7.54. The molecule has 0 N–H and O–H groups in total. The van der Waals surface area contributed by atoms with E-state index in [0.29, 0.717) is 5.56 Å². The second-order valence-electron chi connectivity index (χ2n) is 6.48. The highest BCUT2D eigenvalue weighted by Gasteiger charge is 2.38. The van der Waals surface area contributed by atoms with Crippen molar-refractivity contribution in [1.82, 2.24) is 4.31 Å². The Balaban J connectivity index is 1.86. The molecule has 1 atom stereocenters. The fourth-order valence-electron chi connectivity index (χ4n) is 3.32. The molecule has 3 aromatic rings. The predicted molar refractivity (Wildman–Crippen MR) is 105 cm³/mol. The van der Waals surface area contributed by atoms with E-state index in [1.807, 2.05) is 30.3 Å². The van der Waals surface area contributed by atoms with Crippen LogP contribution < -0.4 is 4.74 Å². The standard InChI is InChI=1S/C21H17ClFNO3S/c22-18-10-5-11-20-21(18)27-14-19(16-7-2-1-3-8-16)24(28(20,25)26)13-15-6-4-9-17(23)12-15/h1-12,19H,13-14H2/t19-/m1/s1. The molecule has 0 aliphatic carbocycles. The summed E-state index contributed by atoms with van der Waals surface area (Å²) in [6.07, 6.45) is 0. The van der Waals surface area contributed by atoms with Gasteiger partial charge in [-0.1, -0.05) is 60.1 Å². The van der Waals surface area contributed by atoms with Crippen LogP contribution in [0.2, 0.25) is 5.02 Å². The molecule has 144 valence electrons. The number of sulfonamides is 1. The highest BCUT2D eigenvalue weighted by Crippen LogP contribution is 2.41. The third-order valence-electron chi connectivity index (χ3n) is 4.66. The van der Waals surface area contributed by atoms with E-state index >= 15 is 0 Å². The summed E-state index contributed by atoms with van der Waals surface area (Å²) >= 11 is 6.21. The van der Waals surface area contributed by atoms with E-state index in [9.17, 15) is 12.8 Å². The Morgan fingerprint density at radius 2 is 1.79 bits per heavy atom. The Kier molecular flexibility index (Phi) is 5.10. The van der Waals surface area contributed by atoms with E-state index in [2.05, 4.69) is 0 Å². The summed E-state index contributed by atoms with van der Waals surface area (Å²) in [6.45, 7) is 0.101. The van der Waals surface area contributed by atoms with Crippen LogP contribution in [0.15, 0.2) is 77.7 Å². The van der Waals surface area contributed by atoms with Gasteiger partial charge in [0.1, 0.15) is 17.3 Å². The van der Waals surface area contributed by atoms with Gasteiger partial charge < -0.3 is 4.74 Å². The first-order chi connectivity index (χ1) is 13.5. The molecule has 1 heterocycles. The van der Waals surface area contributed by atoms with Crippen molar-refractivity contribution in [3.05, 3.63) is 94.8 Å². The number of rotatable bonds is 3. The molecule has 0 saturated heterocycles. The van der Waals surface area contributed by atoms with Gasteiger partial charge in [0, 0.05) is 6.54 Å². The molecule has 1 aliphatic rings. The summed E-state index contributed by atoms with van der Waals surface area (Å²) in [5.74, 6) is -0.271. The molecule has 1 aliphatic heterocycles. The fourth-order valence-corrected chi connectivity index (χ4v) is 5.35. The molecule has 0 spiro atoms. The van der Waals surface area contributed by atoms with Gasteiger partial charge in [-0.3, -0.25) is 0 Å². The Bertz CT molecular complexity index is 1110. The fraction of sp³-hybridized carbons (Fsp3) is 0.143. The zero-order chi connectivity index (χ0) is 19.7. The molecule has 4 nitrogen and oxygen atoms in total. The van der Waals surface area contributed by atoms with E-state index in [4.69, 9.17) is 16.3 Å². The molecule has 0 fully saturated rings. The van der Waals surface area contributed by atoms with Crippen LogP contribution in [-0.2, 0) is 16.6 Å². The first-order valence-electron chi connectivity index (χ1n) is 8.69. The van der Waals surface area contributed by atoms with Crippen molar-refractivity contribution in [3.63, 3.8) is 0 Å². The van der Waals surface area contributed by atoms with Crippen molar-refractivity contribution in [2.24, 2.45) is 0 Å². The van der Waals surface area contributed by atoms with Crippen LogP contribution in [0.4, 0.5) is 4.39 Å². The van der Waals surface area contributed by atoms with Gasteiger partial charge in [-0.05, 0) is 35.4 Å². The normalized spacial score (nSPS) is 18.7. The lowest BCUT2D eigenvalue weighted by atomic mass is 10.1. The van der Waals surface area contributed by atoms with E-state index < -0.39 is 21.9 Å². The smallest absolute Gasteiger partial charge is 0.247 e. The lowest BCUT2D eigenvalue weighted by Crippen LogP contribution is -2.35. The number of para-hydroxylation sites is 1.